The van der Waals surface area contributed by atoms with Gasteiger partial charge in [0.2, 0.25) is 0 Å². The zero-order chi connectivity index (χ0) is 15.7. The number of carboxylic acid groups (broad SMARTS) is 1. The minimum absolute atomic E-state index is 0.117. The number of hydrogen-bond donors (Lipinski definition) is 1. The number of rotatable bonds is 10. The van der Waals surface area contributed by atoms with Crippen LogP contribution >= 0.6 is 0 Å². The van der Waals surface area contributed by atoms with Gasteiger partial charge < -0.3 is 9.84 Å². The normalized spacial score (nSPS) is 10.3. The summed E-state index contributed by atoms with van der Waals surface area (Å²) in [5, 5.41) is 19.8. The van der Waals surface area contributed by atoms with E-state index in [9.17, 15) is 14.9 Å². The highest BCUT2D eigenvalue weighted by Crippen LogP contribution is 2.28. The fourth-order valence-electron chi connectivity index (χ4n) is 1.98. The standard InChI is InChI=1S/C15H21NO5/c1-2-3-4-5-6-7-10-21-14-9-8-12(15(17)18)11-13(14)16(19)20/h8-9,11H,2-7,10H2,1H3,(H,17,18). The van der Waals surface area contributed by atoms with Crippen molar-refractivity contribution in [3.63, 3.8) is 0 Å². The van der Waals surface area contributed by atoms with E-state index in [4.69, 9.17) is 9.84 Å². The van der Waals surface area contributed by atoms with Gasteiger partial charge in [-0.15, -0.1) is 0 Å². The van der Waals surface area contributed by atoms with Crippen molar-refractivity contribution in [2.75, 3.05) is 6.61 Å². The molecule has 0 radical (unpaired) electrons. The van der Waals surface area contributed by atoms with E-state index < -0.39 is 10.9 Å². The Kier molecular flexibility index (Phi) is 7.21. The maximum absolute atomic E-state index is 10.9. The van der Waals surface area contributed by atoms with Crippen LogP contribution in [0.1, 0.15) is 55.8 Å². The molecule has 0 fully saturated rings. The van der Waals surface area contributed by atoms with Crippen molar-refractivity contribution in [2.24, 2.45) is 0 Å². The van der Waals surface area contributed by atoms with Crippen molar-refractivity contribution in [2.45, 2.75) is 45.4 Å². The molecule has 0 aliphatic rings. The summed E-state index contributed by atoms with van der Waals surface area (Å²) in [7, 11) is 0. The van der Waals surface area contributed by atoms with Crippen LogP contribution in [0.15, 0.2) is 18.2 Å². The Morgan fingerprint density at radius 2 is 1.90 bits per heavy atom. The van der Waals surface area contributed by atoms with Gasteiger partial charge in [-0.3, -0.25) is 10.1 Å². The van der Waals surface area contributed by atoms with E-state index in [1.807, 2.05) is 0 Å². The molecular formula is C15H21NO5. The van der Waals surface area contributed by atoms with Crippen molar-refractivity contribution in [3.8, 4) is 5.75 Å². The summed E-state index contributed by atoms with van der Waals surface area (Å²) < 4.78 is 5.41. The topological polar surface area (TPSA) is 89.7 Å². The van der Waals surface area contributed by atoms with Crippen LogP contribution in [0.5, 0.6) is 5.75 Å². The molecule has 1 aromatic carbocycles. The van der Waals surface area contributed by atoms with E-state index >= 15 is 0 Å². The molecule has 0 aliphatic carbocycles. The lowest BCUT2D eigenvalue weighted by Gasteiger charge is -2.07. The van der Waals surface area contributed by atoms with Gasteiger partial charge >= 0.3 is 11.7 Å². The molecule has 0 aromatic heterocycles. The number of nitro groups is 1. The SMILES string of the molecule is CCCCCCCCOc1ccc(C(=O)O)cc1[N+](=O)[O-]. The summed E-state index contributed by atoms with van der Waals surface area (Å²) in [6, 6.07) is 3.68. The largest absolute Gasteiger partial charge is 0.487 e. The lowest BCUT2D eigenvalue weighted by Crippen LogP contribution is -2.03. The second kappa shape index (κ2) is 8.94. The number of aromatic carboxylic acids is 1. The monoisotopic (exact) mass is 295 g/mol. The van der Waals surface area contributed by atoms with Crippen molar-refractivity contribution < 1.29 is 19.6 Å². The number of nitrogens with zero attached hydrogens (tertiary/aromatic N) is 1. The number of carbonyl (C=O) groups is 1. The zero-order valence-corrected chi connectivity index (χ0v) is 12.2. The second-order valence-corrected chi connectivity index (χ2v) is 4.86. The molecule has 0 atom stereocenters. The molecule has 6 nitrogen and oxygen atoms in total. The maximum atomic E-state index is 10.9. The van der Waals surface area contributed by atoms with Crippen molar-refractivity contribution in [3.05, 3.63) is 33.9 Å². The van der Waals surface area contributed by atoms with Gasteiger partial charge in [0.25, 0.3) is 0 Å². The predicted octanol–water partition coefficient (Wildman–Crippen LogP) is 4.03. The van der Waals surface area contributed by atoms with Crippen LogP contribution in [-0.2, 0) is 0 Å². The minimum atomic E-state index is -1.19. The van der Waals surface area contributed by atoms with Crippen LogP contribution in [0.25, 0.3) is 0 Å². The van der Waals surface area contributed by atoms with Crippen LogP contribution in [0, 0.1) is 10.1 Å². The highest BCUT2D eigenvalue weighted by molar-refractivity contribution is 5.88. The molecular weight excluding hydrogens is 274 g/mol. The van der Waals surface area contributed by atoms with Gasteiger partial charge in [0, 0.05) is 6.07 Å². The highest BCUT2D eigenvalue weighted by atomic mass is 16.6. The second-order valence-electron chi connectivity index (χ2n) is 4.86. The average molecular weight is 295 g/mol. The first-order valence-electron chi connectivity index (χ1n) is 7.20. The Bertz CT molecular complexity index is 487. The number of unbranched alkanes of at least 4 members (excludes halogenated alkanes) is 5. The van der Waals surface area contributed by atoms with Crippen molar-refractivity contribution in [1.82, 2.24) is 0 Å². The van der Waals surface area contributed by atoms with Crippen LogP contribution in [0.2, 0.25) is 0 Å². The number of hydrogen-bond acceptors (Lipinski definition) is 4. The minimum Gasteiger partial charge on any atom is -0.487 e. The molecule has 0 saturated heterocycles. The van der Waals surface area contributed by atoms with Crippen LogP contribution < -0.4 is 4.74 Å². The molecule has 21 heavy (non-hydrogen) atoms. The Hall–Kier alpha value is -2.11. The van der Waals surface area contributed by atoms with Crippen molar-refractivity contribution >= 4 is 11.7 Å². The molecule has 116 valence electrons. The van der Waals surface area contributed by atoms with Gasteiger partial charge in [-0.1, -0.05) is 39.0 Å². The fraction of sp³-hybridized carbons (Fsp3) is 0.533. The van der Waals surface area contributed by atoms with E-state index in [2.05, 4.69) is 6.92 Å². The first kappa shape index (κ1) is 16.9. The molecule has 0 amide bonds. The van der Waals surface area contributed by atoms with E-state index in [0.29, 0.717) is 6.61 Å². The van der Waals surface area contributed by atoms with Crippen LogP contribution in [0.3, 0.4) is 0 Å². The molecule has 0 aliphatic heterocycles. The third-order valence-electron chi connectivity index (χ3n) is 3.16. The predicted molar refractivity (Wildman–Crippen MR) is 78.9 cm³/mol. The summed E-state index contributed by atoms with van der Waals surface area (Å²) in [5.41, 5.74) is -0.422. The van der Waals surface area contributed by atoms with Gasteiger partial charge in [0.05, 0.1) is 17.1 Å². The Morgan fingerprint density at radius 1 is 1.24 bits per heavy atom. The van der Waals surface area contributed by atoms with Crippen LogP contribution in [0.4, 0.5) is 5.69 Å². The molecule has 0 spiro atoms. The number of ether oxygens (including phenoxy) is 1. The third kappa shape index (κ3) is 5.81. The average Bonchev–Trinajstić information content (AvgIpc) is 2.46. The summed E-state index contributed by atoms with van der Waals surface area (Å²) in [6.07, 6.45) is 6.62. The van der Waals surface area contributed by atoms with E-state index in [0.717, 1.165) is 25.3 Å². The summed E-state index contributed by atoms with van der Waals surface area (Å²) >= 11 is 0. The molecule has 1 rings (SSSR count). The number of benzene rings is 1. The first-order chi connectivity index (χ1) is 10.1. The van der Waals surface area contributed by atoms with Gasteiger partial charge in [0.1, 0.15) is 0 Å². The highest BCUT2D eigenvalue weighted by Gasteiger charge is 2.18. The van der Waals surface area contributed by atoms with Crippen LogP contribution in [-0.4, -0.2) is 22.6 Å². The quantitative estimate of drug-likeness (QED) is 0.400. The Morgan fingerprint density at radius 3 is 2.52 bits per heavy atom. The van der Waals surface area contributed by atoms with Gasteiger partial charge in [-0.05, 0) is 18.6 Å². The van der Waals surface area contributed by atoms with Gasteiger partial charge in [0.15, 0.2) is 5.75 Å². The Labute approximate surface area is 123 Å². The van der Waals surface area contributed by atoms with Gasteiger partial charge in [-0.25, -0.2) is 4.79 Å². The smallest absolute Gasteiger partial charge is 0.335 e. The fourth-order valence-corrected chi connectivity index (χ4v) is 1.98. The zero-order valence-electron chi connectivity index (χ0n) is 12.2. The number of carboxylic acids is 1. The lowest BCUT2D eigenvalue weighted by molar-refractivity contribution is -0.385. The summed E-state index contributed by atoms with van der Waals surface area (Å²) in [4.78, 5) is 21.1. The first-order valence-corrected chi connectivity index (χ1v) is 7.20. The van der Waals surface area contributed by atoms with Gasteiger partial charge in [-0.2, -0.15) is 0 Å². The van der Waals surface area contributed by atoms with Crippen molar-refractivity contribution in [1.29, 1.82) is 0 Å². The maximum Gasteiger partial charge on any atom is 0.335 e. The molecule has 0 unspecified atom stereocenters. The summed E-state index contributed by atoms with van der Waals surface area (Å²) in [6.45, 7) is 2.56. The van der Waals surface area contributed by atoms with E-state index in [1.165, 1.54) is 31.4 Å². The molecule has 6 heteroatoms. The van der Waals surface area contributed by atoms with E-state index in [1.54, 1.807) is 0 Å². The summed E-state index contributed by atoms with van der Waals surface area (Å²) in [5.74, 6) is -1.07. The third-order valence-corrected chi connectivity index (χ3v) is 3.16. The molecule has 1 N–H and O–H groups in total. The molecule has 0 saturated carbocycles. The Balaban J connectivity index is 2.51. The molecule has 0 bridgehead atoms. The number of nitro benzene ring substituents is 1. The van der Waals surface area contributed by atoms with E-state index in [-0.39, 0.29) is 17.0 Å². The molecule has 0 heterocycles. The lowest BCUT2D eigenvalue weighted by atomic mass is 10.1. The molecule has 1 aromatic rings.